The molecule has 2 rings (SSSR count). The molecule has 0 saturated heterocycles. The van der Waals surface area contributed by atoms with E-state index in [2.05, 4.69) is 10.6 Å². The predicted molar refractivity (Wildman–Crippen MR) is 84.0 cm³/mol. The van der Waals surface area contributed by atoms with Gasteiger partial charge in [-0.2, -0.15) is 0 Å². The van der Waals surface area contributed by atoms with Crippen molar-refractivity contribution < 1.29 is 9.59 Å². The standard InChI is InChI=1S/C14H15Cl3N2O2/c1-13(8-14(13,16)17)12(21)19-7-6-18-11(20)9-2-4-10(15)5-3-9/h2-5H,6-8H2,1H3,(H,18,20)(H,19,21). The smallest absolute Gasteiger partial charge is 0.251 e. The Kier molecular flexibility index (Phi) is 4.71. The summed E-state index contributed by atoms with van der Waals surface area (Å²) in [4.78, 5) is 23.7. The van der Waals surface area contributed by atoms with E-state index in [-0.39, 0.29) is 11.8 Å². The van der Waals surface area contributed by atoms with Gasteiger partial charge >= 0.3 is 0 Å². The van der Waals surface area contributed by atoms with E-state index in [9.17, 15) is 9.59 Å². The fourth-order valence-corrected chi connectivity index (χ4v) is 2.73. The van der Waals surface area contributed by atoms with Crippen LogP contribution < -0.4 is 10.6 Å². The van der Waals surface area contributed by atoms with Crippen molar-refractivity contribution in [2.45, 2.75) is 17.7 Å². The predicted octanol–water partition coefficient (Wildman–Crippen LogP) is 2.77. The Bertz CT molecular complexity index is 560. The lowest BCUT2D eigenvalue weighted by Crippen LogP contribution is -2.39. The molecule has 2 amide bonds. The first-order chi connectivity index (χ1) is 9.76. The number of benzene rings is 1. The summed E-state index contributed by atoms with van der Waals surface area (Å²) >= 11 is 17.6. The molecule has 1 aromatic carbocycles. The molecular weight excluding hydrogens is 335 g/mol. The highest BCUT2D eigenvalue weighted by Crippen LogP contribution is 2.63. The summed E-state index contributed by atoms with van der Waals surface area (Å²) in [6.07, 6.45) is 0.437. The van der Waals surface area contributed by atoms with E-state index in [1.54, 1.807) is 31.2 Å². The number of hydrogen-bond acceptors (Lipinski definition) is 2. The van der Waals surface area contributed by atoms with Crippen molar-refractivity contribution in [3.63, 3.8) is 0 Å². The lowest BCUT2D eigenvalue weighted by atomic mass is 10.1. The third-order valence-corrected chi connectivity index (χ3v) is 4.91. The van der Waals surface area contributed by atoms with Crippen molar-refractivity contribution in [1.29, 1.82) is 0 Å². The Labute approximate surface area is 138 Å². The zero-order valence-corrected chi connectivity index (χ0v) is 13.6. The molecule has 1 aromatic rings. The molecule has 0 heterocycles. The third-order valence-electron chi connectivity index (χ3n) is 3.56. The molecule has 7 heteroatoms. The van der Waals surface area contributed by atoms with Crippen molar-refractivity contribution >= 4 is 46.6 Å². The first-order valence-electron chi connectivity index (χ1n) is 6.46. The van der Waals surface area contributed by atoms with Crippen LogP contribution in [0.2, 0.25) is 5.02 Å². The lowest BCUT2D eigenvalue weighted by molar-refractivity contribution is -0.125. The number of hydrogen-bond donors (Lipinski definition) is 2. The number of amides is 2. The molecule has 1 unspecified atom stereocenters. The van der Waals surface area contributed by atoms with Crippen LogP contribution in [-0.2, 0) is 4.79 Å². The Morgan fingerprint density at radius 1 is 1.14 bits per heavy atom. The van der Waals surface area contributed by atoms with E-state index >= 15 is 0 Å². The number of nitrogens with one attached hydrogen (secondary N) is 2. The largest absolute Gasteiger partial charge is 0.354 e. The molecule has 114 valence electrons. The van der Waals surface area contributed by atoms with Crippen molar-refractivity contribution in [2.75, 3.05) is 13.1 Å². The SMILES string of the molecule is CC1(C(=O)NCCNC(=O)c2ccc(Cl)cc2)CC1(Cl)Cl. The van der Waals surface area contributed by atoms with E-state index < -0.39 is 9.75 Å². The summed E-state index contributed by atoms with van der Waals surface area (Å²) in [7, 11) is 0. The second kappa shape index (κ2) is 6.03. The van der Waals surface area contributed by atoms with Gasteiger partial charge in [0.05, 0.1) is 5.41 Å². The maximum absolute atomic E-state index is 11.9. The molecule has 0 radical (unpaired) electrons. The third kappa shape index (κ3) is 3.62. The van der Waals surface area contributed by atoms with Crippen LogP contribution in [0.3, 0.4) is 0 Å². The van der Waals surface area contributed by atoms with Gasteiger partial charge in [-0.1, -0.05) is 11.6 Å². The van der Waals surface area contributed by atoms with Crippen LogP contribution in [0.1, 0.15) is 23.7 Å². The molecular formula is C14H15Cl3N2O2. The minimum absolute atomic E-state index is 0.201. The molecule has 2 N–H and O–H groups in total. The summed E-state index contributed by atoms with van der Waals surface area (Å²) in [5.41, 5.74) is -0.226. The molecule has 1 fully saturated rings. The van der Waals surface area contributed by atoms with E-state index in [4.69, 9.17) is 34.8 Å². The molecule has 0 aliphatic heterocycles. The molecule has 4 nitrogen and oxygen atoms in total. The molecule has 1 atom stereocenters. The van der Waals surface area contributed by atoms with Crippen LogP contribution in [0, 0.1) is 5.41 Å². The van der Waals surface area contributed by atoms with Crippen LogP contribution in [0.25, 0.3) is 0 Å². The molecule has 0 bridgehead atoms. The first-order valence-corrected chi connectivity index (χ1v) is 7.59. The van der Waals surface area contributed by atoms with Gasteiger partial charge in [-0.15, -0.1) is 23.2 Å². The Morgan fingerprint density at radius 2 is 1.67 bits per heavy atom. The quantitative estimate of drug-likeness (QED) is 0.634. The van der Waals surface area contributed by atoms with Gasteiger partial charge < -0.3 is 10.6 Å². The van der Waals surface area contributed by atoms with Crippen molar-refractivity contribution in [3.8, 4) is 0 Å². The molecule has 1 aliphatic rings. The number of carbonyl (C=O) groups is 2. The Hall–Kier alpha value is -0.970. The maximum Gasteiger partial charge on any atom is 0.251 e. The van der Waals surface area contributed by atoms with Crippen LogP contribution in [-0.4, -0.2) is 29.2 Å². The summed E-state index contributed by atoms with van der Waals surface area (Å²) in [5.74, 6) is -0.421. The highest BCUT2D eigenvalue weighted by molar-refractivity contribution is 6.53. The molecule has 1 saturated carbocycles. The number of rotatable bonds is 5. The van der Waals surface area contributed by atoms with E-state index in [1.165, 1.54) is 0 Å². The Balaban J connectivity index is 1.72. The van der Waals surface area contributed by atoms with Gasteiger partial charge in [0.1, 0.15) is 4.33 Å². The van der Waals surface area contributed by atoms with Gasteiger partial charge in [0, 0.05) is 23.7 Å². The molecule has 0 aromatic heterocycles. The monoisotopic (exact) mass is 348 g/mol. The van der Waals surface area contributed by atoms with Crippen LogP contribution in [0.4, 0.5) is 0 Å². The first kappa shape index (κ1) is 16.4. The summed E-state index contributed by atoms with van der Waals surface area (Å²) in [5, 5.41) is 5.99. The highest BCUT2D eigenvalue weighted by atomic mass is 35.5. The molecule has 21 heavy (non-hydrogen) atoms. The zero-order chi connectivity index (χ0) is 15.7. The number of carbonyl (C=O) groups excluding carboxylic acids is 2. The van der Waals surface area contributed by atoms with Crippen molar-refractivity contribution in [2.24, 2.45) is 5.41 Å². The summed E-state index contributed by atoms with van der Waals surface area (Å²) in [6.45, 7) is 2.35. The van der Waals surface area contributed by atoms with Gasteiger partial charge in [0.2, 0.25) is 5.91 Å². The highest BCUT2D eigenvalue weighted by Gasteiger charge is 2.67. The van der Waals surface area contributed by atoms with Gasteiger partial charge in [-0.05, 0) is 37.6 Å². The fourth-order valence-electron chi connectivity index (χ4n) is 1.90. The fraction of sp³-hybridized carbons (Fsp3) is 0.429. The van der Waals surface area contributed by atoms with Gasteiger partial charge in [-0.25, -0.2) is 0 Å². The number of halogens is 3. The average Bonchev–Trinajstić information content (AvgIpc) is 2.95. The summed E-state index contributed by atoms with van der Waals surface area (Å²) in [6, 6.07) is 6.56. The molecule has 0 spiro atoms. The maximum atomic E-state index is 11.9. The van der Waals surface area contributed by atoms with E-state index in [0.717, 1.165) is 0 Å². The second-order valence-electron chi connectivity index (χ2n) is 5.23. The van der Waals surface area contributed by atoms with Crippen LogP contribution in [0.15, 0.2) is 24.3 Å². The summed E-state index contributed by atoms with van der Waals surface area (Å²) < 4.78 is -0.983. The van der Waals surface area contributed by atoms with E-state index in [1.807, 2.05) is 0 Å². The van der Waals surface area contributed by atoms with Gasteiger partial charge in [0.25, 0.3) is 5.91 Å². The van der Waals surface area contributed by atoms with Crippen LogP contribution >= 0.6 is 34.8 Å². The molecule has 1 aliphatic carbocycles. The second-order valence-corrected chi connectivity index (χ2v) is 7.15. The van der Waals surface area contributed by atoms with Crippen molar-refractivity contribution in [1.82, 2.24) is 10.6 Å². The minimum Gasteiger partial charge on any atom is -0.354 e. The lowest BCUT2D eigenvalue weighted by Gasteiger charge is -2.13. The van der Waals surface area contributed by atoms with Gasteiger partial charge in [0.15, 0.2) is 0 Å². The van der Waals surface area contributed by atoms with Gasteiger partial charge in [-0.3, -0.25) is 9.59 Å². The topological polar surface area (TPSA) is 58.2 Å². The van der Waals surface area contributed by atoms with E-state index in [0.29, 0.717) is 30.1 Å². The minimum atomic E-state index is -0.983. The zero-order valence-electron chi connectivity index (χ0n) is 11.4. The Morgan fingerprint density at radius 3 is 2.19 bits per heavy atom. The number of alkyl halides is 2. The van der Waals surface area contributed by atoms with Crippen molar-refractivity contribution in [3.05, 3.63) is 34.9 Å². The normalized spacial score (nSPS) is 22.5. The average molecular weight is 350 g/mol. The van der Waals surface area contributed by atoms with Crippen LogP contribution in [0.5, 0.6) is 0 Å².